The Morgan fingerprint density at radius 1 is 1.47 bits per heavy atom. The zero-order valence-corrected chi connectivity index (χ0v) is 12.9. The predicted molar refractivity (Wildman–Crippen MR) is 77.8 cm³/mol. The molecule has 2 rings (SSSR count). The van der Waals surface area contributed by atoms with Crippen LogP contribution < -0.4 is 4.90 Å². The number of hydrogen-bond acceptors (Lipinski definition) is 4. The van der Waals surface area contributed by atoms with Crippen molar-refractivity contribution in [3.05, 3.63) is 16.5 Å². The molecular weight excluding hydrogens is 298 g/mol. The van der Waals surface area contributed by atoms with Crippen molar-refractivity contribution in [2.24, 2.45) is 0 Å². The van der Waals surface area contributed by atoms with Crippen LogP contribution in [0.3, 0.4) is 0 Å². The molecule has 0 radical (unpaired) electrons. The quantitative estimate of drug-likeness (QED) is 0.784. The van der Waals surface area contributed by atoms with Crippen molar-refractivity contribution in [3.63, 3.8) is 0 Å². The molecule has 0 amide bonds. The van der Waals surface area contributed by atoms with E-state index in [1.807, 2.05) is 17.8 Å². The molecule has 0 aromatic carbocycles. The Hall–Kier alpha value is -0.290. The molecule has 17 heavy (non-hydrogen) atoms. The predicted octanol–water partition coefficient (Wildman–Crippen LogP) is 3.13. The maximum Gasteiger partial charge on any atom is 0.133 e. The molecule has 1 aliphatic rings. The first kappa shape index (κ1) is 13.1. The number of anilines is 1. The SMILES string of the molecule is CCc1nc(Br)cc(N2CCSC(C)C2C)n1. The van der Waals surface area contributed by atoms with Crippen molar-refractivity contribution in [1.82, 2.24) is 9.97 Å². The van der Waals surface area contributed by atoms with Gasteiger partial charge in [-0.15, -0.1) is 0 Å². The molecule has 94 valence electrons. The van der Waals surface area contributed by atoms with Gasteiger partial charge < -0.3 is 4.90 Å². The Bertz CT molecular complexity index is 399. The van der Waals surface area contributed by atoms with Crippen LogP contribution in [0.1, 0.15) is 26.6 Å². The molecule has 2 heterocycles. The molecule has 0 N–H and O–H groups in total. The van der Waals surface area contributed by atoms with Gasteiger partial charge in [-0.05, 0) is 22.9 Å². The van der Waals surface area contributed by atoms with Crippen molar-refractivity contribution < 1.29 is 0 Å². The molecule has 0 spiro atoms. The van der Waals surface area contributed by atoms with E-state index >= 15 is 0 Å². The van der Waals surface area contributed by atoms with Gasteiger partial charge in [0.05, 0.1) is 0 Å². The Morgan fingerprint density at radius 2 is 2.24 bits per heavy atom. The molecular formula is C12H18BrN3S. The van der Waals surface area contributed by atoms with E-state index in [1.165, 1.54) is 5.75 Å². The lowest BCUT2D eigenvalue weighted by atomic mass is 10.2. The van der Waals surface area contributed by atoms with Crippen LogP contribution in [-0.4, -0.2) is 33.6 Å². The summed E-state index contributed by atoms with van der Waals surface area (Å²) in [5, 5.41) is 0.655. The first-order valence-corrected chi connectivity index (χ1v) is 7.87. The van der Waals surface area contributed by atoms with Gasteiger partial charge in [-0.25, -0.2) is 9.97 Å². The fourth-order valence-electron chi connectivity index (χ4n) is 2.01. The molecule has 5 heteroatoms. The summed E-state index contributed by atoms with van der Waals surface area (Å²) >= 11 is 5.51. The maximum atomic E-state index is 4.64. The second-order valence-corrected chi connectivity index (χ2v) is 6.63. The van der Waals surface area contributed by atoms with E-state index in [2.05, 4.69) is 51.6 Å². The number of halogens is 1. The van der Waals surface area contributed by atoms with Crippen LogP contribution in [0.25, 0.3) is 0 Å². The van der Waals surface area contributed by atoms with Crippen molar-refractivity contribution in [3.8, 4) is 0 Å². The summed E-state index contributed by atoms with van der Waals surface area (Å²) < 4.78 is 0.887. The number of rotatable bonds is 2. The first-order chi connectivity index (χ1) is 8.11. The average molecular weight is 316 g/mol. The molecule has 3 nitrogen and oxygen atoms in total. The maximum absolute atomic E-state index is 4.64. The fraction of sp³-hybridized carbons (Fsp3) is 0.667. The average Bonchev–Trinajstić information content (AvgIpc) is 2.31. The summed E-state index contributed by atoms with van der Waals surface area (Å²) in [5.41, 5.74) is 0. The van der Waals surface area contributed by atoms with Crippen molar-refractivity contribution in [2.75, 3.05) is 17.2 Å². The van der Waals surface area contributed by atoms with Crippen LogP contribution in [0, 0.1) is 0 Å². The molecule has 0 bridgehead atoms. The van der Waals surface area contributed by atoms with Crippen LogP contribution in [0.15, 0.2) is 10.7 Å². The lowest BCUT2D eigenvalue weighted by Crippen LogP contribution is -2.45. The van der Waals surface area contributed by atoms with Gasteiger partial charge in [0.25, 0.3) is 0 Å². The van der Waals surface area contributed by atoms with Crippen molar-refractivity contribution in [1.29, 1.82) is 0 Å². The van der Waals surface area contributed by atoms with Gasteiger partial charge in [-0.2, -0.15) is 11.8 Å². The smallest absolute Gasteiger partial charge is 0.133 e. The van der Waals surface area contributed by atoms with Gasteiger partial charge in [0.1, 0.15) is 16.2 Å². The summed E-state index contributed by atoms with van der Waals surface area (Å²) in [5.74, 6) is 3.14. The van der Waals surface area contributed by atoms with E-state index < -0.39 is 0 Å². The Morgan fingerprint density at radius 3 is 2.94 bits per heavy atom. The Kier molecular flexibility index (Phi) is 4.31. The molecule has 1 fully saturated rings. The Balaban J connectivity index is 2.29. The minimum absolute atomic E-state index is 0.528. The van der Waals surface area contributed by atoms with Gasteiger partial charge >= 0.3 is 0 Å². The molecule has 2 atom stereocenters. The summed E-state index contributed by atoms with van der Waals surface area (Å²) in [4.78, 5) is 11.4. The molecule has 2 unspecified atom stereocenters. The van der Waals surface area contributed by atoms with Gasteiger partial charge in [-0.1, -0.05) is 13.8 Å². The summed E-state index contributed by atoms with van der Waals surface area (Å²) in [6.07, 6.45) is 0.874. The van der Waals surface area contributed by atoms with Crippen LogP contribution in [0.2, 0.25) is 0 Å². The largest absolute Gasteiger partial charge is 0.352 e. The minimum atomic E-state index is 0.528. The zero-order valence-electron chi connectivity index (χ0n) is 10.5. The molecule has 1 aromatic heterocycles. The summed E-state index contributed by atoms with van der Waals surface area (Å²) in [7, 11) is 0. The van der Waals surface area contributed by atoms with Gasteiger partial charge in [-0.3, -0.25) is 0 Å². The first-order valence-electron chi connectivity index (χ1n) is 6.03. The summed E-state index contributed by atoms with van der Waals surface area (Å²) in [6, 6.07) is 2.55. The third kappa shape index (κ3) is 2.94. The highest BCUT2D eigenvalue weighted by molar-refractivity contribution is 9.10. The highest BCUT2D eigenvalue weighted by Crippen LogP contribution is 2.28. The van der Waals surface area contributed by atoms with E-state index in [0.717, 1.165) is 29.2 Å². The third-order valence-corrected chi connectivity index (χ3v) is 4.97. The lowest BCUT2D eigenvalue weighted by Gasteiger charge is -2.38. The highest BCUT2D eigenvalue weighted by Gasteiger charge is 2.26. The molecule has 1 aliphatic heterocycles. The number of aromatic nitrogens is 2. The molecule has 1 saturated heterocycles. The van der Waals surface area contributed by atoms with Gasteiger partial charge in [0, 0.05) is 36.1 Å². The lowest BCUT2D eigenvalue weighted by molar-refractivity contribution is 0.617. The van der Waals surface area contributed by atoms with Crippen LogP contribution >= 0.6 is 27.7 Å². The fourth-order valence-corrected chi connectivity index (χ4v) is 3.52. The number of thioether (sulfide) groups is 1. The molecule has 0 saturated carbocycles. The van der Waals surface area contributed by atoms with Crippen molar-refractivity contribution in [2.45, 2.75) is 38.5 Å². The van der Waals surface area contributed by atoms with E-state index in [9.17, 15) is 0 Å². The van der Waals surface area contributed by atoms with E-state index in [0.29, 0.717) is 11.3 Å². The second kappa shape index (κ2) is 5.57. The van der Waals surface area contributed by atoms with Crippen LogP contribution in [-0.2, 0) is 6.42 Å². The second-order valence-electron chi connectivity index (χ2n) is 4.33. The van der Waals surface area contributed by atoms with E-state index in [4.69, 9.17) is 0 Å². The van der Waals surface area contributed by atoms with Gasteiger partial charge in [0.15, 0.2) is 0 Å². The molecule has 0 aliphatic carbocycles. The normalized spacial score (nSPS) is 25.1. The Labute approximate surface area is 116 Å². The van der Waals surface area contributed by atoms with Crippen LogP contribution in [0.5, 0.6) is 0 Å². The monoisotopic (exact) mass is 315 g/mol. The topological polar surface area (TPSA) is 29.0 Å². The highest BCUT2D eigenvalue weighted by atomic mass is 79.9. The molecule has 1 aromatic rings. The van der Waals surface area contributed by atoms with Gasteiger partial charge in [0.2, 0.25) is 0 Å². The van der Waals surface area contributed by atoms with Crippen LogP contribution in [0.4, 0.5) is 5.82 Å². The number of nitrogens with zero attached hydrogens (tertiary/aromatic N) is 3. The van der Waals surface area contributed by atoms with E-state index in [1.54, 1.807) is 0 Å². The zero-order chi connectivity index (χ0) is 12.4. The van der Waals surface area contributed by atoms with E-state index in [-0.39, 0.29) is 0 Å². The minimum Gasteiger partial charge on any atom is -0.352 e. The summed E-state index contributed by atoms with van der Waals surface area (Å²) in [6.45, 7) is 7.73. The third-order valence-electron chi connectivity index (χ3n) is 3.22. The standard InChI is InChI=1S/C12H18BrN3S/c1-4-11-14-10(13)7-12(15-11)16-5-6-17-9(3)8(16)2/h7-9H,4-6H2,1-3H3. The number of aryl methyl sites for hydroxylation is 1. The van der Waals surface area contributed by atoms with Crippen molar-refractivity contribution >= 4 is 33.5 Å². The number of hydrogen-bond donors (Lipinski definition) is 0.